The topological polar surface area (TPSA) is 69.0 Å². The summed E-state index contributed by atoms with van der Waals surface area (Å²) >= 11 is 11.9. The Balaban J connectivity index is 1.91. The van der Waals surface area contributed by atoms with Crippen LogP contribution < -0.4 is 21.1 Å². The average Bonchev–Trinajstić information content (AvgIpc) is 2.62. The van der Waals surface area contributed by atoms with E-state index >= 15 is 0 Å². The molecule has 2 radical (unpaired) electrons. The molecule has 6 nitrogen and oxygen atoms in total. The predicted molar refractivity (Wildman–Crippen MR) is 104 cm³/mol. The van der Waals surface area contributed by atoms with Crippen LogP contribution in [0.3, 0.4) is 0 Å². The SMILES string of the molecule is [B]c1cc(Cl)cnc1Nc1nc(Cl)cn(Cc2ccc(OC)cc2)c1=O. The van der Waals surface area contributed by atoms with Gasteiger partial charge < -0.3 is 14.6 Å². The molecule has 0 saturated heterocycles. The van der Waals surface area contributed by atoms with Gasteiger partial charge in [-0.25, -0.2) is 9.97 Å². The quantitative estimate of drug-likeness (QED) is 0.682. The van der Waals surface area contributed by atoms with E-state index in [2.05, 4.69) is 15.3 Å². The number of hydrogen-bond acceptors (Lipinski definition) is 5. The van der Waals surface area contributed by atoms with E-state index in [1.807, 2.05) is 24.3 Å². The first-order chi connectivity index (χ1) is 12.5. The van der Waals surface area contributed by atoms with Crippen molar-refractivity contribution in [3.8, 4) is 5.75 Å². The number of methoxy groups -OCH3 is 1. The lowest BCUT2D eigenvalue weighted by Gasteiger charge is -2.12. The van der Waals surface area contributed by atoms with Gasteiger partial charge in [-0.2, -0.15) is 0 Å². The van der Waals surface area contributed by atoms with Crippen LogP contribution in [0.5, 0.6) is 5.75 Å². The van der Waals surface area contributed by atoms with Crippen LogP contribution >= 0.6 is 23.2 Å². The van der Waals surface area contributed by atoms with Crippen LogP contribution in [0, 0.1) is 0 Å². The van der Waals surface area contributed by atoms with Crippen LogP contribution in [0.4, 0.5) is 11.6 Å². The minimum atomic E-state index is -0.360. The van der Waals surface area contributed by atoms with Crippen LogP contribution in [0.2, 0.25) is 10.2 Å². The van der Waals surface area contributed by atoms with Crippen molar-refractivity contribution in [3.05, 3.63) is 68.8 Å². The fraction of sp³-hybridized carbons (Fsp3) is 0.118. The minimum absolute atomic E-state index is 0.0209. The van der Waals surface area contributed by atoms with Crippen LogP contribution in [-0.2, 0) is 6.54 Å². The predicted octanol–water partition coefficient (Wildman–Crippen LogP) is 2.54. The number of anilines is 2. The fourth-order valence-electron chi connectivity index (χ4n) is 2.30. The number of benzene rings is 1. The lowest BCUT2D eigenvalue weighted by molar-refractivity contribution is 0.414. The fourth-order valence-corrected chi connectivity index (χ4v) is 2.67. The van der Waals surface area contributed by atoms with E-state index in [9.17, 15) is 4.79 Å². The van der Waals surface area contributed by atoms with E-state index < -0.39 is 0 Å². The van der Waals surface area contributed by atoms with E-state index in [1.165, 1.54) is 23.0 Å². The molecular weight excluding hydrogens is 374 g/mol. The molecule has 0 aliphatic heterocycles. The second-order valence-corrected chi connectivity index (χ2v) is 6.23. The van der Waals surface area contributed by atoms with Crippen molar-refractivity contribution in [2.24, 2.45) is 0 Å². The monoisotopic (exact) mass is 386 g/mol. The summed E-state index contributed by atoms with van der Waals surface area (Å²) in [6.07, 6.45) is 2.89. The maximum absolute atomic E-state index is 12.7. The Labute approximate surface area is 161 Å². The Morgan fingerprint density at radius 1 is 1.23 bits per heavy atom. The number of rotatable bonds is 5. The largest absolute Gasteiger partial charge is 0.497 e. The molecule has 0 saturated carbocycles. The van der Waals surface area contributed by atoms with Gasteiger partial charge >= 0.3 is 0 Å². The molecule has 3 rings (SSSR count). The number of ether oxygens (including phenoxy) is 1. The van der Waals surface area contributed by atoms with Gasteiger partial charge in [0.25, 0.3) is 5.56 Å². The first-order valence-corrected chi connectivity index (χ1v) is 8.30. The highest BCUT2D eigenvalue weighted by atomic mass is 35.5. The summed E-state index contributed by atoms with van der Waals surface area (Å²) in [5.41, 5.74) is 0.840. The molecule has 0 unspecified atom stereocenters. The van der Waals surface area contributed by atoms with Gasteiger partial charge in [-0.15, -0.1) is 0 Å². The maximum Gasteiger partial charge on any atom is 0.294 e. The van der Waals surface area contributed by atoms with Crippen LogP contribution in [-0.4, -0.2) is 29.5 Å². The molecule has 0 aliphatic carbocycles. The Morgan fingerprint density at radius 2 is 1.96 bits per heavy atom. The summed E-state index contributed by atoms with van der Waals surface area (Å²) in [5.74, 6) is 1.03. The molecule has 0 spiro atoms. The Morgan fingerprint density at radius 3 is 2.62 bits per heavy atom. The molecule has 2 aromatic heterocycles. The molecule has 1 aromatic carbocycles. The zero-order valence-electron chi connectivity index (χ0n) is 13.7. The maximum atomic E-state index is 12.7. The van der Waals surface area contributed by atoms with Crippen molar-refractivity contribution in [1.82, 2.24) is 14.5 Å². The standard InChI is InChI=1S/C17H13BCl2N4O2/c1-26-12-4-2-10(3-5-12)8-24-9-14(20)22-16(17(24)25)23-15-13(18)6-11(19)7-21-15/h2-7,9H,8H2,1H3,(H,21,22,23). The van der Waals surface area contributed by atoms with Crippen molar-refractivity contribution in [1.29, 1.82) is 0 Å². The molecule has 9 heteroatoms. The number of hydrogen-bond donors (Lipinski definition) is 1. The summed E-state index contributed by atoms with van der Waals surface area (Å²) in [6, 6.07) is 8.90. The average molecular weight is 387 g/mol. The molecule has 3 aromatic rings. The molecule has 0 bridgehead atoms. The van der Waals surface area contributed by atoms with E-state index in [-0.39, 0.29) is 22.3 Å². The molecule has 2 heterocycles. The summed E-state index contributed by atoms with van der Waals surface area (Å²) < 4.78 is 6.58. The van der Waals surface area contributed by atoms with E-state index in [0.29, 0.717) is 17.0 Å². The Hall–Kier alpha value is -2.51. The third-order valence-corrected chi connectivity index (χ3v) is 3.97. The van der Waals surface area contributed by atoms with Gasteiger partial charge in [0.05, 0.1) is 18.7 Å². The van der Waals surface area contributed by atoms with Crippen LogP contribution in [0.25, 0.3) is 0 Å². The highest BCUT2D eigenvalue weighted by Crippen LogP contribution is 2.15. The van der Waals surface area contributed by atoms with Crippen LogP contribution in [0.15, 0.2) is 47.5 Å². The van der Waals surface area contributed by atoms with E-state index in [0.717, 1.165) is 11.3 Å². The van der Waals surface area contributed by atoms with Crippen molar-refractivity contribution in [3.63, 3.8) is 0 Å². The molecule has 0 aliphatic rings. The zero-order chi connectivity index (χ0) is 18.7. The second-order valence-electron chi connectivity index (χ2n) is 5.41. The van der Waals surface area contributed by atoms with Crippen molar-refractivity contribution in [2.45, 2.75) is 6.54 Å². The van der Waals surface area contributed by atoms with Gasteiger partial charge in [0.2, 0.25) is 0 Å². The molecule has 0 amide bonds. The third-order valence-electron chi connectivity index (χ3n) is 3.58. The summed E-state index contributed by atoms with van der Waals surface area (Å²) in [6.45, 7) is 0.323. The summed E-state index contributed by atoms with van der Waals surface area (Å²) in [7, 11) is 7.45. The number of aromatic nitrogens is 3. The first kappa shape index (κ1) is 18.3. The smallest absolute Gasteiger partial charge is 0.294 e. The highest BCUT2D eigenvalue weighted by molar-refractivity contribution is 6.38. The van der Waals surface area contributed by atoms with Crippen molar-refractivity contribution in [2.75, 3.05) is 12.4 Å². The summed E-state index contributed by atoms with van der Waals surface area (Å²) in [4.78, 5) is 20.8. The normalized spacial score (nSPS) is 10.6. The molecule has 0 fully saturated rings. The molecular formula is C17H13BCl2N4O2. The Kier molecular flexibility index (Phi) is 5.49. The van der Waals surface area contributed by atoms with E-state index in [4.69, 9.17) is 35.8 Å². The number of pyridine rings is 1. The number of nitrogens with one attached hydrogen (secondary N) is 1. The van der Waals surface area contributed by atoms with Crippen molar-refractivity contribution < 1.29 is 4.74 Å². The summed E-state index contributed by atoms with van der Waals surface area (Å²) in [5, 5.41) is 3.36. The molecule has 0 atom stereocenters. The third kappa shape index (κ3) is 4.18. The van der Waals surface area contributed by atoms with E-state index in [1.54, 1.807) is 7.11 Å². The lowest BCUT2D eigenvalue weighted by Crippen LogP contribution is -2.25. The first-order valence-electron chi connectivity index (χ1n) is 7.54. The zero-order valence-corrected chi connectivity index (χ0v) is 15.3. The van der Waals surface area contributed by atoms with Crippen molar-refractivity contribution >= 4 is 48.1 Å². The number of halogens is 2. The molecule has 1 N–H and O–H groups in total. The van der Waals surface area contributed by atoms with Gasteiger partial charge in [0, 0.05) is 12.4 Å². The highest BCUT2D eigenvalue weighted by Gasteiger charge is 2.11. The van der Waals surface area contributed by atoms with Gasteiger partial charge in [-0.05, 0) is 23.8 Å². The van der Waals surface area contributed by atoms with Gasteiger partial charge in [-0.1, -0.05) is 40.8 Å². The number of nitrogens with zero attached hydrogens (tertiary/aromatic N) is 3. The van der Waals surface area contributed by atoms with Crippen LogP contribution in [0.1, 0.15) is 5.56 Å². The molecule has 26 heavy (non-hydrogen) atoms. The lowest BCUT2D eigenvalue weighted by atomic mass is 9.97. The molecule has 130 valence electrons. The second kappa shape index (κ2) is 7.80. The van der Waals surface area contributed by atoms with Gasteiger partial charge in [0.1, 0.15) is 24.6 Å². The van der Waals surface area contributed by atoms with Gasteiger partial charge in [0.15, 0.2) is 5.82 Å². The minimum Gasteiger partial charge on any atom is -0.497 e. The Bertz CT molecular complexity index is 993. The van der Waals surface area contributed by atoms with Gasteiger partial charge in [-0.3, -0.25) is 4.79 Å².